The van der Waals surface area contributed by atoms with Crippen molar-refractivity contribution in [3.8, 4) is 0 Å². The van der Waals surface area contributed by atoms with Crippen LogP contribution in [0.2, 0.25) is 0 Å². The number of carbonyl (C=O) groups is 2. The summed E-state index contributed by atoms with van der Waals surface area (Å²) in [5, 5.41) is 5.95. The number of pyridine rings is 1. The standard InChI is InChI=1S/C21H25N3O2/c1-15-8-6-7-11-18(15)24-21(26)19-14-16(12-13-22-19)20(25)23-17-9-4-2-3-5-10-17/h6-8,11-14,17H,2-5,9-10H2,1H3,(H,23,25)(H,24,26). The molecule has 136 valence electrons. The molecule has 5 heteroatoms. The molecule has 0 unspecified atom stereocenters. The van der Waals surface area contributed by atoms with Gasteiger partial charge in [0.25, 0.3) is 11.8 Å². The number of rotatable bonds is 4. The Morgan fingerprint density at radius 1 is 1.00 bits per heavy atom. The highest BCUT2D eigenvalue weighted by atomic mass is 16.2. The molecule has 1 aromatic heterocycles. The third-order valence-corrected chi connectivity index (χ3v) is 4.84. The van der Waals surface area contributed by atoms with E-state index in [4.69, 9.17) is 0 Å². The van der Waals surface area contributed by atoms with Crippen molar-refractivity contribution in [3.05, 3.63) is 59.4 Å². The lowest BCUT2D eigenvalue weighted by molar-refractivity contribution is 0.0933. The molecule has 0 bridgehead atoms. The molecule has 0 spiro atoms. The van der Waals surface area contributed by atoms with Gasteiger partial charge in [0.2, 0.25) is 0 Å². The van der Waals surface area contributed by atoms with Crippen molar-refractivity contribution in [2.24, 2.45) is 0 Å². The van der Waals surface area contributed by atoms with Crippen LogP contribution in [0.25, 0.3) is 0 Å². The normalized spacial score (nSPS) is 15.1. The summed E-state index contributed by atoms with van der Waals surface area (Å²) in [6, 6.07) is 11.0. The predicted octanol–water partition coefficient (Wildman–Crippen LogP) is 4.09. The van der Waals surface area contributed by atoms with Crippen LogP contribution in [0, 0.1) is 6.92 Å². The number of aryl methyl sites for hydroxylation is 1. The van der Waals surface area contributed by atoms with Crippen molar-refractivity contribution < 1.29 is 9.59 Å². The summed E-state index contributed by atoms with van der Waals surface area (Å²) in [6.45, 7) is 1.93. The average molecular weight is 351 g/mol. The van der Waals surface area contributed by atoms with Crippen molar-refractivity contribution in [1.82, 2.24) is 10.3 Å². The topological polar surface area (TPSA) is 71.1 Å². The number of amides is 2. The molecule has 2 N–H and O–H groups in total. The van der Waals surface area contributed by atoms with Crippen LogP contribution in [-0.4, -0.2) is 22.8 Å². The van der Waals surface area contributed by atoms with E-state index in [1.54, 1.807) is 12.1 Å². The van der Waals surface area contributed by atoms with Crippen LogP contribution >= 0.6 is 0 Å². The number of benzene rings is 1. The first kappa shape index (κ1) is 18.1. The van der Waals surface area contributed by atoms with Gasteiger partial charge in [0.05, 0.1) is 0 Å². The first-order valence-corrected chi connectivity index (χ1v) is 9.27. The molecular formula is C21H25N3O2. The van der Waals surface area contributed by atoms with Crippen molar-refractivity contribution in [1.29, 1.82) is 0 Å². The number of carbonyl (C=O) groups excluding carboxylic acids is 2. The molecule has 1 heterocycles. The van der Waals surface area contributed by atoms with Gasteiger partial charge in [-0.25, -0.2) is 0 Å². The number of hydrogen-bond donors (Lipinski definition) is 2. The minimum atomic E-state index is -0.316. The summed E-state index contributed by atoms with van der Waals surface area (Å²) in [7, 11) is 0. The van der Waals surface area contributed by atoms with Crippen LogP contribution in [0.1, 0.15) is 64.9 Å². The predicted molar refractivity (Wildman–Crippen MR) is 102 cm³/mol. The lowest BCUT2D eigenvalue weighted by Crippen LogP contribution is -2.34. The Balaban J connectivity index is 1.68. The Labute approximate surface area is 154 Å². The van der Waals surface area contributed by atoms with E-state index in [0.717, 1.165) is 36.9 Å². The lowest BCUT2D eigenvalue weighted by atomic mass is 10.1. The van der Waals surface area contributed by atoms with Gasteiger partial charge in [-0.3, -0.25) is 14.6 Å². The molecule has 1 aliphatic carbocycles. The van der Waals surface area contributed by atoms with Gasteiger partial charge in [-0.05, 0) is 43.5 Å². The molecule has 5 nitrogen and oxygen atoms in total. The van der Waals surface area contributed by atoms with E-state index in [-0.39, 0.29) is 23.6 Å². The number of hydrogen-bond acceptors (Lipinski definition) is 3. The van der Waals surface area contributed by atoms with Crippen LogP contribution in [-0.2, 0) is 0 Å². The summed E-state index contributed by atoms with van der Waals surface area (Å²) >= 11 is 0. The Morgan fingerprint density at radius 3 is 2.46 bits per heavy atom. The summed E-state index contributed by atoms with van der Waals surface area (Å²) in [4.78, 5) is 29.1. The van der Waals surface area contributed by atoms with Crippen molar-refractivity contribution >= 4 is 17.5 Å². The molecule has 3 rings (SSSR count). The smallest absolute Gasteiger partial charge is 0.274 e. The van der Waals surface area contributed by atoms with Gasteiger partial charge in [0.1, 0.15) is 5.69 Å². The third-order valence-electron chi connectivity index (χ3n) is 4.84. The van der Waals surface area contributed by atoms with Crippen LogP contribution in [0.3, 0.4) is 0 Å². The van der Waals surface area contributed by atoms with Crippen LogP contribution < -0.4 is 10.6 Å². The molecule has 26 heavy (non-hydrogen) atoms. The minimum Gasteiger partial charge on any atom is -0.349 e. The second kappa shape index (κ2) is 8.61. The van der Waals surface area contributed by atoms with E-state index in [9.17, 15) is 9.59 Å². The molecule has 2 aromatic rings. The zero-order valence-electron chi connectivity index (χ0n) is 15.1. The molecule has 0 aliphatic heterocycles. The van der Waals surface area contributed by atoms with E-state index in [0.29, 0.717) is 5.56 Å². The molecule has 1 fully saturated rings. The molecule has 0 saturated heterocycles. The third kappa shape index (κ3) is 4.69. The van der Waals surface area contributed by atoms with Gasteiger partial charge in [-0.2, -0.15) is 0 Å². The first-order chi connectivity index (χ1) is 12.6. The maximum atomic E-state index is 12.5. The fourth-order valence-corrected chi connectivity index (χ4v) is 3.29. The maximum absolute atomic E-state index is 12.5. The summed E-state index contributed by atoms with van der Waals surface area (Å²) < 4.78 is 0. The van der Waals surface area contributed by atoms with E-state index < -0.39 is 0 Å². The van der Waals surface area contributed by atoms with Gasteiger partial charge < -0.3 is 10.6 Å². The number of anilines is 1. The summed E-state index contributed by atoms with van der Waals surface area (Å²) in [5.74, 6) is -0.451. The summed E-state index contributed by atoms with van der Waals surface area (Å²) in [6.07, 6.45) is 8.36. The fourth-order valence-electron chi connectivity index (χ4n) is 3.29. The minimum absolute atomic E-state index is 0.135. The van der Waals surface area contributed by atoms with Crippen molar-refractivity contribution in [2.75, 3.05) is 5.32 Å². The Morgan fingerprint density at radius 2 is 1.73 bits per heavy atom. The molecule has 1 aliphatic rings. The largest absolute Gasteiger partial charge is 0.349 e. The zero-order valence-corrected chi connectivity index (χ0v) is 15.1. The highest BCUT2D eigenvalue weighted by molar-refractivity contribution is 6.05. The number of para-hydroxylation sites is 1. The average Bonchev–Trinajstić information content (AvgIpc) is 2.92. The van der Waals surface area contributed by atoms with E-state index in [1.165, 1.54) is 19.0 Å². The number of nitrogens with one attached hydrogen (secondary N) is 2. The van der Waals surface area contributed by atoms with Crippen LogP contribution in [0.5, 0.6) is 0 Å². The zero-order chi connectivity index (χ0) is 18.4. The van der Waals surface area contributed by atoms with Gasteiger partial charge in [-0.15, -0.1) is 0 Å². The second-order valence-electron chi connectivity index (χ2n) is 6.86. The second-order valence-corrected chi connectivity index (χ2v) is 6.86. The number of nitrogens with zero attached hydrogens (tertiary/aromatic N) is 1. The monoisotopic (exact) mass is 351 g/mol. The summed E-state index contributed by atoms with van der Waals surface area (Å²) in [5.41, 5.74) is 2.43. The molecule has 0 atom stereocenters. The van der Waals surface area contributed by atoms with E-state index in [1.807, 2.05) is 31.2 Å². The Hall–Kier alpha value is -2.69. The maximum Gasteiger partial charge on any atom is 0.274 e. The first-order valence-electron chi connectivity index (χ1n) is 9.27. The Kier molecular flexibility index (Phi) is 6.00. The van der Waals surface area contributed by atoms with Gasteiger partial charge in [-0.1, -0.05) is 43.9 Å². The highest BCUT2D eigenvalue weighted by Gasteiger charge is 2.17. The number of aromatic nitrogens is 1. The van der Waals surface area contributed by atoms with Crippen LogP contribution in [0.4, 0.5) is 5.69 Å². The van der Waals surface area contributed by atoms with Crippen molar-refractivity contribution in [2.45, 2.75) is 51.5 Å². The molecule has 1 aromatic carbocycles. The molecular weight excluding hydrogens is 326 g/mol. The van der Waals surface area contributed by atoms with Crippen molar-refractivity contribution in [3.63, 3.8) is 0 Å². The molecule has 2 amide bonds. The SMILES string of the molecule is Cc1ccccc1NC(=O)c1cc(C(=O)NC2CCCCCC2)ccn1. The van der Waals surface area contributed by atoms with Gasteiger partial charge >= 0.3 is 0 Å². The lowest BCUT2D eigenvalue weighted by Gasteiger charge is -2.16. The van der Waals surface area contributed by atoms with E-state index in [2.05, 4.69) is 15.6 Å². The van der Waals surface area contributed by atoms with Gasteiger partial charge in [0.15, 0.2) is 0 Å². The Bertz CT molecular complexity index is 780. The highest BCUT2D eigenvalue weighted by Crippen LogP contribution is 2.18. The van der Waals surface area contributed by atoms with Crippen LogP contribution in [0.15, 0.2) is 42.6 Å². The van der Waals surface area contributed by atoms with E-state index >= 15 is 0 Å². The fraction of sp³-hybridized carbons (Fsp3) is 0.381. The molecule has 0 radical (unpaired) electrons. The quantitative estimate of drug-likeness (QED) is 0.815. The van der Waals surface area contributed by atoms with Gasteiger partial charge in [0, 0.05) is 23.5 Å². The molecule has 1 saturated carbocycles.